The van der Waals surface area contributed by atoms with Gasteiger partial charge in [-0.1, -0.05) is 18.2 Å². The van der Waals surface area contributed by atoms with E-state index in [1.54, 1.807) is 19.5 Å². The first-order valence-corrected chi connectivity index (χ1v) is 5.28. The first-order valence-electron chi connectivity index (χ1n) is 5.28. The second-order valence-corrected chi connectivity index (χ2v) is 3.84. The molecule has 2 nitrogen and oxygen atoms in total. The number of pyridine rings is 1. The average Bonchev–Trinajstić information content (AvgIpc) is 2.29. The first-order chi connectivity index (χ1) is 7.74. The lowest BCUT2D eigenvalue weighted by atomic mass is 9.96. The summed E-state index contributed by atoms with van der Waals surface area (Å²) in [5, 5.41) is 0. The molecule has 0 N–H and O–H groups in total. The third-order valence-electron chi connectivity index (χ3n) is 2.75. The second kappa shape index (κ2) is 4.35. The van der Waals surface area contributed by atoms with Crippen LogP contribution in [0.2, 0.25) is 0 Å². The van der Waals surface area contributed by atoms with Crippen LogP contribution in [-0.2, 0) is 0 Å². The molecule has 16 heavy (non-hydrogen) atoms. The molecule has 82 valence electrons. The van der Waals surface area contributed by atoms with Crippen LogP contribution < -0.4 is 4.74 Å². The highest BCUT2D eigenvalue weighted by Crippen LogP contribution is 2.33. The quantitative estimate of drug-likeness (QED) is 0.763. The molecule has 0 aliphatic rings. The van der Waals surface area contributed by atoms with Gasteiger partial charge in [0.05, 0.1) is 13.3 Å². The van der Waals surface area contributed by atoms with Crippen molar-refractivity contribution in [2.75, 3.05) is 7.11 Å². The molecule has 0 saturated heterocycles. The maximum absolute atomic E-state index is 5.35. The molecule has 0 bridgehead atoms. The van der Waals surface area contributed by atoms with Crippen molar-refractivity contribution >= 4 is 0 Å². The molecular formula is C14H15NO. The van der Waals surface area contributed by atoms with E-state index in [0.717, 1.165) is 11.3 Å². The van der Waals surface area contributed by atoms with Gasteiger partial charge in [-0.2, -0.15) is 0 Å². The highest BCUT2D eigenvalue weighted by molar-refractivity contribution is 5.75. The number of methoxy groups -OCH3 is 1. The van der Waals surface area contributed by atoms with Crippen LogP contribution in [0.25, 0.3) is 11.1 Å². The Labute approximate surface area is 95.9 Å². The van der Waals surface area contributed by atoms with Crippen LogP contribution in [0.3, 0.4) is 0 Å². The van der Waals surface area contributed by atoms with Gasteiger partial charge in [0.1, 0.15) is 5.75 Å². The number of aryl methyl sites for hydroxylation is 2. The molecule has 0 aliphatic heterocycles. The van der Waals surface area contributed by atoms with Crippen LogP contribution in [0.1, 0.15) is 11.1 Å². The van der Waals surface area contributed by atoms with Crippen molar-refractivity contribution in [2.45, 2.75) is 13.8 Å². The number of nitrogens with zero attached hydrogens (tertiary/aromatic N) is 1. The molecule has 1 aromatic heterocycles. The molecule has 2 aromatic rings. The van der Waals surface area contributed by atoms with Crippen LogP contribution in [0.4, 0.5) is 0 Å². The molecule has 0 radical (unpaired) electrons. The van der Waals surface area contributed by atoms with Gasteiger partial charge in [-0.15, -0.1) is 0 Å². The van der Waals surface area contributed by atoms with E-state index in [0.29, 0.717) is 0 Å². The maximum Gasteiger partial charge on any atom is 0.144 e. The summed E-state index contributed by atoms with van der Waals surface area (Å²) in [6.45, 7) is 4.23. The summed E-state index contributed by atoms with van der Waals surface area (Å²) in [6.07, 6.45) is 3.55. The lowest BCUT2D eigenvalue weighted by Gasteiger charge is -2.12. The zero-order valence-electron chi connectivity index (χ0n) is 9.82. The van der Waals surface area contributed by atoms with Gasteiger partial charge >= 0.3 is 0 Å². The summed E-state index contributed by atoms with van der Waals surface area (Å²) in [5.74, 6) is 0.819. The summed E-state index contributed by atoms with van der Waals surface area (Å²) < 4.78 is 5.35. The van der Waals surface area contributed by atoms with E-state index >= 15 is 0 Å². The van der Waals surface area contributed by atoms with Crippen molar-refractivity contribution < 1.29 is 4.74 Å². The zero-order valence-corrected chi connectivity index (χ0v) is 9.82. The summed E-state index contributed by atoms with van der Waals surface area (Å²) in [7, 11) is 1.67. The van der Waals surface area contributed by atoms with Gasteiger partial charge in [0.15, 0.2) is 0 Å². The second-order valence-electron chi connectivity index (χ2n) is 3.84. The fraction of sp³-hybridized carbons (Fsp3) is 0.214. The Morgan fingerprint density at radius 1 is 1.06 bits per heavy atom. The molecule has 0 unspecified atom stereocenters. The molecule has 0 amide bonds. The number of rotatable bonds is 2. The molecule has 0 spiro atoms. The minimum absolute atomic E-state index is 0.819. The van der Waals surface area contributed by atoms with E-state index < -0.39 is 0 Å². The summed E-state index contributed by atoms with van der Waals surface area (Å²) in [6, 6.07) is 8.29. The molecule has 0 atom stereocenters. The van der Waals surface area contributed by atoms with Gasteiger partial charge < -0.3 is 4.74 Å². The van der Waals surface area contributed by atoms with Gasteiger partial charge in [-0.25, -0.2) is 0 Å². The van der Waals surface area contributed by atoms with E-state index in [2.05, 4.69) is 37.0 Å². The van der Waals surface area contributed by atoms with Crippen molar-refractivity contribution in [3.8, 4) is 16.9 Å². The number of benzene rings is 1. The first kappa shape index (κ1) is 10.7. The number of hydrogen-bond donors (Lipinski definition) is 0. The van der Waals surface area contributed by atoms with Crippen molar-refractivity contribution in [1.82, 2.24) is 4.98 Å². The molecule has 2 rings (SSSR count). The summed E-state index contributed by atoms with van der Waals surface area (Å²) in [4.78, 5) is 4.08. The van der Waals surface area contributed by atoms with Gasteiger partial charge in [0.2, 0.25) is 0 Å². The van der Waals surface area contributed by atoms with E-state index in [1.807, 2.05) is 6.07 Å². The topological polar surface area (TPSA) is 22.1 Å². The Bertz CT molecular complexity index is 486. The van der Waals surface area contributed by atoms with Gasteiger partial charge in [-0.05, 0) is 36.6 Å². The molecule has 2 heteroatoms. The summed E-state index contributed by atoms with van der Waals surface area (Å²) in [5.41, 5.74) is 4.85. The van der Waals surface area contributed by atoms with Crippen molar-refractivity contribution in [3.05, 3.63) is 47.8 Å². The Kier molecular flexibility index (Phi) is 2.91. The van der Waals surface area contributed by atoms with E-state index in [1.165, 1.54) is 16.7 Å². The average molecular weight is 213 g/mol. The Hall–Kier alpha value is -1.83. The number of aromatic nitrogens is 1. The monoisotopic (exact) mass is 213 g/mol. The lowest BCUT2D eigenvalue weighted by molar-refractivity contribution is 0.414. The molecule has 0 aliphatic carbocycles. The van der Waals surface area contributed by atoms with Gasteiger partial charge in [-0.3, -0.25) is 4.98 Å². The lowest BCUT2D eigenvalue weighted by Crippen LogP contribution is -1.93. The fourth-order valence-corrected chi connectivity index (χ4v) is 1.99. The number of ether oxygens (including phenoxy) is 1. The molecule has 0 saturated carbocycles. The zero-order chi connectivity index (χ0) is 11.5. The van der Waals surface area contributed by atoms with Crippen LogP contribution in [-0.4, -0.2) is 12.1 Å². The van der Waals surface area contributed by atoms with Crippen molar-refractivity contribution in [3.63, 3.8) is 0 Å². The predicted molar refractivity (Wildman–Crippen MR) is 65.7 cm³/mol. The summed E-state index contributed by atoms with van der Waals surface area (Å²) >= 11 is 0. The number of hydrogen-bond acceptors (Lipinski definition) is 2. The van der Waals surface area contributed by atoms with Crippen LogP contribution in [0.5, 0.6) is 5.75 Å². The SMILES string of the molecule is COc1cnccc1-c1c(C)cccc1C. The highest BCUT2D eigenvalue weighted by atomic mass is 16.5. The molecule has 1 heterocycles. The van der Waals surface area contributed by atoms with Gasteiger partial charge in [0.25, 0.3) is 0 Å². The van der Waals surface area contributed by atoms with Gasteiger partial charge in [0, 0.05) is 11.8 Å². The Morgan fingerprint density at radius 2 is 1.75 bits per heavy atom. The standard InChI is InChI=1S/C14H15NO/c1-10-5-4-6-11(2)14(10)12-7-8-15-9-13(12)16-3/h4-9H,1-3H3. The smallest absolute Gasteiger partial charge is 0.144 e. The van der Waals surface area contributed by atoms with E-state index in [4.69, 9.17) is 4.74 Å². The molecule has 1 aromatic carbocycles. The van der Waals surface area contributed by atoms with Crippen LogP contribution in [0.15, 0.2) is 36.7 Å². The third-order valence-corrected chi connectivity index (χ3v) is 2.75. The van der Waals surface area contributed by atoms with E-state index in [-0.39, 0.29) is 0 Å². The minimum atomic E-state index is 0.819. The molecular weight excluding hydrogens is 198 g/mol. The van der Waals surface area contributed by atoms with E-state index in [9.17, 15) is 0 Å². The normalized spacial score (nSPS) is 10.2. The van der Waals surface area contributed by atoms with Crippen LogP contribution in [0, 0.1) is 13.8 Å². The van der Waals surface area contributed by atoms with Crippen molar-refractivity contribution in [1.29, 1.82) is 0 Å². The predicted octanol–water partition coefficient (Wildman–Crippen LogP) is 3.37. The Morgan fingerprint density at radius 3 is 2.38 bits per heavy atom. The largest absolute Gasteiger partial charge is 0.494 e. The third kappa shape index (κ3) is 1.78. The maximum atomic E-state index is 5.35. The highest BCUT2D eigenvalue weighted by Gasteiger charge is 2.09. The fourth-order valence-electron chi connectivity index (χ4n) is 1.99. The molecule has 0 fully saturated rings. The Balaban J connectivity index is 2.67. The van der Waals surface area contributed by atoms with Crippen LogP contribution >= 0.6 is 0 Å². The van der Waals surface area contributed by atoms with Crippen molar-refractivity contribution in [2.24, 2.45) is 0 Å². The minimum Gasteiger partial charge on any atom is -0.494 e.